The van der Waals surface area contributed by atoms with Crippen molar-refractivity contribution in [2.24, 2.45) is 0 Å². The summed E-state index contributed by atoms with van der Waals surface area (Å²) in [5.41, 5.74) is 0.494. The molecule has 0 N–H and O–H groups in total. The highest BCUT2D eigenvalue weighted by Gasteiger charge is 2.27. The Hall–Kier alpha value is -1.49. The van der Waals surface area contributed by atoms with Gasteiger partial charge in [0.05, 0.1) is 0 Å². The van der Waals surface area contributed by atoms with E-state index in [9.17, 15) is 4.79 Å². The number of rotatable bonds is 1. The summed E-state index contributed by atoms with van der Waals surface area (Å²) >= 11 is 0. The van der Waals surface area contributed by atoms with Crippen molar-refractivity contribution in [1.29, 1.82) is 0 Å². The highest BCUT2D eigenvalue weighted by molar-refractivity contribution is 5.92. The SMILES string of the molecule is Cc1nccc(C(=O)N2CCN(C)C[C@@H]2C)n1. The summed E-state index contributed by atoms with van der Waals surface area (Å²) in [5, 5.41) is 0. The summed E-state index contributed by atoms with van der Waals surface area (Å²) in [6, 6.07) is 1.91. The fourth-order valence-corrected chi connectivity index (χ4v) is 2.16. The van der Waals surface area contributed by atoms with Gasteiger partial charge in [0.25, 0.3) is 5.91 Å². The molecule has 1 atom stereocenters. The molecule has 1 aromatic heterocycles. The number of carbonyl (C=O) groups is 1. The van der Waals surface area contributed by atoms with E-state index in [-0.39, 0.29) is 11.9 Å². The highest BCUT2D eigenvalue weighted by atomic mass is 16.2. The first-order valence-electron chi connectivity index (χ1n) is 5.87. The Balaban J connectivity index is 2.15. The Morgan fingerprint density at radius 2 is 2.24 bits per heavy atom. The quantitative estimate of drug-likeness (QED) is 0.712. The Kier molecular flexibility index (Phi) is 3.38. The fourth-order valence-electron chi connectivity index (χ4n) is 2.16. The first kappa shape index (κ1) is 12.0. The molecule has 1 aliphatic heterocycles. The standard InChI is InChI=1S/C12H18N4O/c1-9-8-15(3)6-7-16(9)12(17)11-4-5-13-10(2)14-11/h4-5,9H,6-8H2,1-3H3/t9-/m0/s1. The Morgan fingerprint density at radius 1 is 1.47 bits per heavy atom. The van der Waals surface area contributed by atoms with Crippen LogP contribution in [-0.4, -0.2) is 58.4 Å². The summed E-state index contributed by atoms with van der Waals surface area (Å²) in [7, 11) is 2.08. The van der Waals surface area contributed by atoms with Gasteiger partial charge in [0.2, 0.25) is 0 Å². The zero-order valence-electron chi connectivity index (χ0n) is 10.6. The number of hydrogen-bond donors (Lipinski definition) is 0. The van der Waals surface area contributed by atoms with Crippen LogP contribution in [-0.2, 0) is 0 Å². The van der Waals surface area contributed by atoms with Gasteiger partial charge in [0.15, 0.2) is 0 Å². The van der Waals surface area contributed by atoms with E-state index in [4.69, 9.17) is 0 Å². The van der Waals surface area contributed by atoms with Gasteiger partial charge >= 0.3 is 0 Å². The van der Waals surface area contributed by atoms with Gasteiger partial charge in [-0.1, -0.05) is 0 Å². The molecule has 5 nitrogen and oxygen atoms in total. The third-order valence-corrected chi connectivity index (χ3v) is 3.09. The minimum absolute atomic E-state index is 0.0103. The number of piperazine rings is 1. The van der Waals surface area contributed by atoms with Crippen LogP contribution in [0.5, 0.6) is 0 Å². The van der Waals surface area contributed by atoms with Crippen molar-refractivity contribution >= 4 is 5.91 Å². The maximum atomic E-state index is 12.3. The van der Waals surface area contributed by atoms with Crippen molar-refractivity contribution in [1.82, 2.24) is 19.8 Å². The van der Waals surface area contributed by atoms with Crippen LogP contribution in [0, 0.1) is 6.92 Å². The van der Waals surface area contributed by atoms with Crippen LogP contribution in [0.15, 0.2) is 12.3 Å². The normalized spacial score (nSPS) is 21.6. The van der Waals surface area contributed by atoms with E-state index >= 15 is 0 Å². The predicted molar refractivity (Wildman–Crippen MR) is 64.8 cm³/mol. The lowest BCUT2D eigenvalue weighted by Gasteiger charge is -2.38. The molecule has 17 heavy (non-hydrogen) atoms. The molecule has 0 bridgehead atoms. The van der Waals surface area contributed by atoms with Crippen LogP contribution in [0.25, 0.3) is 0 Å². The molecule has 1 amide bonds. The largest absolute Gasteiger partial charge is 0.332 e. The maximum Gasteiger partial charge on any atom is 0.272 e. The lowest BCUT2D eigenvalue weighted by Crippen LogP contribution is -2.52. The number of hydrogen-bond acceptors (Lipinski definition) is 4. The van der Waals surface area contributed by atoms with E-state index in [1.807, 2.05) is 4.90 Å². The third kappa shape index (κ3) is 2.61. The van der Waals surface area contributed by atoms with Gasteiger partial charge in [0, 0.05) is 31.9 Å². The zero-order valence-corrected chi connectivity index (χ0v) is 10.6. The zero-order chi connectivity index (χ0) is 12.4. The second-order valence-corrected chi connectivity index (χ2v) is 4.60. The maximum absolute atomic E-state index is 12.3. The second-order valence-electron chi connectivity index (χ2n) is 4.60. The second kappa shape index (κ2) is 4.79. The van der Waals surface area contributed by atoms with Crippen molar-refractivity contribution in [3.8, 4) is 0 Å². The van der Waals surface area contributed by atoms with Crippen molar-refractivity contribution in [3.05, 3.63) is 23.8 Å². The third-order valence-electron chi connectivity index (χ3n) is 3.09. The van der Waals surface area contributed by atoms with Gasteiger partial charge in [-0.05, 0) is 27.0 Å². The van der Waals surface area contributed by atoms with Crippen LogP contribution >= 0.6 is 0 Å². The number of aromatic nitrogens is 2. The Labute approximate surface area is 101 Å². The topological polar surface area (TPSA) is 49.3 Å². The number of likely N-dealkylation sites (N-methyl/N-ethyl adjacent to an activating group) is 1. The molecule has 0 unspecified atom stereocenters. The molecular formula is C12H18N4O. The molecule has 2 rings (SSSR count). The molecular weight excluding hydrogens is 216 g/mol. The van der Waals surface area contributed by atoms with Crippen LogP contribution in [0.1, 0.15) is 23.2 Å². The van der Waals surface area contributed by atoms with E-state index in [1.165, 1.54) is 0 Å². The predicted octanol–water partition coefficient (Wildman–Crippen LogP) is 0.561. The number of nitrogens with zero attached hydrogens (tertiary/aromatic N) is 4. The van der Waals surface area contributed by atoms with Crippen LogP contribution < -0.4 is 0 Å². The highest BCUT2D eigenvalue weighted by Crippen LogP contribution is 2.11. The van der Waals surface area contributed by atoms with Crippen molar-refractivity contribution in [2.45, 2.75) is 19.9 Å². The van der Waals surface area contributed by atoms with Crippen LogP contribution in [0.4, 0.5) is 0 Å². The Morgan fingerprint density at radius 3 is 2.88 bits per heavy atom. The molecule has 1 saturated heterocycles. The molecule has 2 heterocycles. The molecule has 0 saturated carbocycles. The van der Waals surface area contributed by atoms with Crippen molar-refractivity contribution in [2.75, 3.05) is 26.7 Å². The van der Waals surface area contributed by atoms with Gasteiger partial charge in [-0.2, -0.15) is 0 Å². The number of carbonyl (C=O) groups excluding carboxylic acids is 1. The van der Waals surface area contributed by atoms with Gasteiger partial charge in [-0.25, -0.2) is 9.97 Å². The van der Waals surface area contributed by atoms with Gasteiger partial charge in [-0.3, -0.25) is 4.79 Å². The summed E-state index contributed by atoms with van der Waals surface area (Å²) < 4.78 is 0. The van der Waals surface area contributed by atoms with Gasteiger partial charge < -0.3 is 9.80 Å². The molecule has 1 fully saturated rings. The van der Waals surface area contributed by atoms with E-state index < -0.39 is 0 Å². The summed E-state index contributed by atoms with van der Waals surface area (Å²) in [6.07, 6.45) is 1.64. The first-order chi connectivity index (χ1) is 8.08. The smallest absolute Gasteiger partial charge is 0.272 e. The molecule has 1 aromatic rings. The molecule has 0 spiro atoms. The molecule has 0 aromatic carbocycles. The average Bonchev–Trinajstić information content (AvgIpc) is 2.28. The fraction of sp³-hybridized carbons (Fsp3) is 0.583. The van der Waals surface area contributed by atoms with Crippen molar-refractivity contribution < 1.29 is 4.79 Å². The van der Waals surface area contributed by atoms with Crippen LogP contribution in [0.2, 0.25) is 0 Å². The molecule has 92 valence electrons. The minimum atomic E-state index is 0.0103. The molecule has 0 aliphatic carbocycles. The minimum Gasteiger partial charge on any atom is -0.332 e. The average molecular weight is 234 g/mol. The summed E-state index contributed by atoms with van der Waals surface area (Å²) in [5.74, 6) is 0.647. The van der Waals surface area contributed by atoms with E-state index in [2.05, 4.69) is 28.8 Å². The monoisotopic (exact) mass is 234 g/mol. The molecule has 5 heteroatoms. The number of aryl methyl sites for hydroxylation is 1. The van der Waals surface area contributed by atoms with E-state index in [0.717, 1.165) is 19.6 Å². The molecule has 0 radical (unpaired) electrons. The van der Waals surface area contributed by atoms with Gasteiger partial charge in [-0.15, -0.1) is 0 Å². The van der Waals surface area contributed by atoms with Crippen LogP contribution in [0.3, 0.4) is 0 Å². The van der Waals surface area contributed by atoms with E-state index in [0.29, 0.717) is 11.5 Å². The number of amides is 1. The van der Waals surface area contributed by atoms with Crippen molar-refractivity contribution in [3.63, 3.8) is 0 Å². The first-order valence-corrected chi connectivity index (χ1v) is 5.87. The Bertz CT molecular complexity index is 421. The molecule has 1 aliphatic rings. The van der Waals surface area contributed by atoms with E-state index in [1.54, 1.807) is 19.2 Å². The summed E-state index contributed by atoms with van der Waals surface area (Å²) in [6.45, 7) is 6.46. The summed E-state index contributed by atoms with van der Waals surface area (Å²) in [4.78, 5) is 24.6. The lowest BCUT2D eigenvalue weighted by atomic mass is 10.2. The van der Waals surface area contributed by atoms with Gasteiger partial charge in [0.1, 0.15) is 11.5 Å². The lowest BCUT2D eigenvalue weighted by molar-refractivity contribution is 0.0527.